The largest absolute Gasteiger partial charge is 0.437 e. The van der Waals surface area contributed by atoms with Gasteiger partial charge < -0.3 is 9.84 Å². The molecule has 1 N–H and O–H groups in total. The molecule has 0 spiro atoms. The first kappa shape index (κ1) is 23.3. The van der Waals surface area contributed by atoms with Gasteiger partial charge >= 0.3 is 0 Å². The van der Waals surface area contributed by atoms with Crippen LogP contribution in [0.15, 0.2) is 79.3 Å². The molecular weight excluding hydrogens is 480 g/mol. The average molecular weight is 496 g/mol. The first-order valence-corrected chi connectivity index (χ1v) is 10.5. The van der Waals surface area contributed by atoms with Crippen molar-refractivity contribution in [3.05, 3.63) is 102 Å². The maximum Gasteiger partial charge on any atom is 0.273 e. The van der Waals surface area contributed by atoms with Crippen LogP contribution in [0.2, 0.25) is 0 Å². The lowest BCUT2D eigenvalue weighted by atomic mass is 9.84. The zero-order chi connectivity index (χ0) is 25.3. The zero-order valence-electron chi connectivity index (χ0n) is 18.2. The van der Waals surface area contributed by atoms with Crippen LogP contribution in [-0.4, -0.2) is 41.7 Å². The van der Waals surface area contributed by atoms with E-state index in [1.807, 2.05) is 30.3 Å². The fourth-order valence-electron chi connectivity index (χ4n) is 3.89. The number of aliphatic hydroxyl groups is 1. The molecule has 0 aliphatic rings. The van der Waals surface area contributed by atoms with E-state index in [-0.39, 0.29) is 17.3 Å². The van der Waals surface area contributed by atoms with Crippen molar-refractivity contribution in [3.63, 3.8) is 0 Å². The van der Waals surface area contributed by atoms with Crippen molar-refractivity contribution in [1.82, 2.24) is 30.2 Å². The maximum atomic E-state index is 14.6. The molecule has 0 bridgehead atoms. The van der Waals surface area contributed by atoms with Crippen molar-refractivity contribution in [3.8, 4) is 11.6 Å². The molecule has 2 atom stereocenters. The second-order valence-electron chi connectivity index (χ2n) is 7.81. The fraction of sp³-hybridized carbons (Fsp3) is 0.125. The molecule has 0 radical (unpaired) electrons. The first-order chi connectivity index (χ1) is 17.4. The van der Waals surface area contributed by atoms with Gasteiger partial charge in [0.2, 0.25) is 5.88 Å². The van der Waals surface area contributed by atoms with Gasteiger partial charge in [-0.05, 0) is 46.8 Å². The van der Waals surface area contributed by atoms with Crippen LogP contribution < -0.4 is 4.74 Å². The molecule has 0 saturated heterocycles. The van der Waals surface area contributed by atoms with Crippen LogP contribution in [-0.2, 0) is 5.60 Å². The molecule has 0 amide bonds. The Bertz CT molecular complexity index is 1500. The van der Waals surface area contributed by atoms with Gasteiger partial charge in [-0.2, -0.15) is 0 Å². The summed E-state index contributed by atoms with van der Waals surface area (Å²) in [5.74, 6) is -1.85. The van der Waals surface area contributed by atoms with Crippen LogP contribution in [0.4, 0.5) is 17.6 Å². The summed E-state index contributed by atoms with van der Waals surface area (Å²) in [5, 5.41) is 22.6. The summed E-state index contributed by atoms with van der Waals surface area (Å²) < 4.78 is 63.5. The number of nitrogens with zero attached hydrogens (tertiary/aromatic N) is 6. The van der Waals surface area contributed by atoms with Gasteiger partial charge in [-0.25, -0.2) is 27.2 Å². The van der Waals surface area contributed by atoms with E-state index >= 15 is 0 Å². The van der Waals surface area contributed by atoms with Gasteiger partial charge in [-0.1, -0.05) is 18.2 Å². The number of fused-ring (bicyclic) bond motifs is 1. The van der Waals surface area contributed by atoms with Gasteiger partial charge in [0.25, 0.3) is 6.43 Å². The minimum Gasteiger partial charge on any atom is -0.437 e. The molecule has 5 aromatic rings. The number of tetrazole rings is 1. The predicted molar refractivity (Wildman–Crippen MR) is 118 cm³/mol. The maximum absolute atomic E-state index is 14.6. The minimum atomic E-state index is -3.54. The smallest absolute Gasteiger partial charge is 0.273 e. The van der Waals surface area contributed by atoms with Crippen LogP contribution in [0.3, 0.4) is 0 Å². The lowest BCUT2D eigenvalue weighted by Crippen LogP contribution is -2.45. The molecule has 8 nitrogen and oxygen atoms in total. The van der Waals surface area contributed by atoms with Gasteiger partial charge in [0, 0.05) is 23.1 Å². The van der Waals surface area contributed by atoms with E-state index in [2.05, 4.69) is 25.5 Å². The van der Waals surface area contributed by atoms with E-state index in [0.717, 1.165) is 28.5 Å². The summed E-state index contributed by atoms with van der Waals surface area (Å²) in [5.41, 5.74) is -3.47. The number of benzene rings is 2. The molecule has 2 aromatic carbocycles. The summed E-state index contributed by atoms with van der Waals surface area (Å²) in [6, 6.07) is 13.8. The third kappa shape index (κ3) is 4.22. The van der Waals surface area contributed by atoms with Gasteiger partial charge in [-0.15, -0.1) is 5.10 Å². The molecule has 36 heavy (non-hydrogen) atoms. The molecular formula is C24H16F4N6O2. The third-order valence-electron chi connectivity index (χ3n) is 5.58. The average Bonchev–Trinajstić information content (AvgIpc) is 3.39. The normalized spacial score (nSPS) is 14.1. The van der Waals surface area contributed by atoms with Crippen LogP contribution in [0.1, 0.15) is 17.3 Å². The van der Waals surface area contributed by atoms with Crippen molar-refractivity contribution in [2.45, 2.75) is 18.1 Å². The molecule has 0 saturated carbocycles. The number of alkyl halides is 2. The van der Waals surface area contributed by atoms with Crippen molar-refractivity contribution < 1.29 is 27.4 Å². The van der Waals surface area contributed by atoms with E-state index in [0.29, 0.717) is 11.6 Å². The summed E-state index contributed by atoms with van der Waals surface area (Å²) in [6.45, 7) is 0. The van der Waals surface area contributed by atoms with Crippen molar-refractivity contribution in [2.75, 3.05) is 0 Å². The molecule has 12 heteroatoms. The Kier molecular flexibility index (Phi) is 6.02. The molecule has 3 aromatic heterocycles. The van der Waals surface area contributed by atoms with E-state index < -0.39 is 35.3 Å². The second-order valence-corrected chi connectivity index (χ2v) is 7.81. The van der Waals surface area contributed by atoms with Crippen LogP contribution in [0, 0.1) is 11.6 Å². The van der Waals surface area contributed by atoms with Gasteiger partial charge in [0.05, 0.1) is 17.4 Å². The van der Waals surface area contributed by atoms with Crippen molar-refractivity contribution in [2.24, 2.45) is 0 Å². The highest BCUT2D eigenvalue weighted by molar-refractivity contribution is 5.78. The highest BCUT2D eigenvalue weighted by Crippen LogP contribution is 2.43. The zero-order valence-corrected chi connectivity index (χ0v) is 18.2. The van der Waals surface area contributed by atoms with Crippen molar-refractivity contribution in [1.29, 1.82) is 0 Å². The summed E-state index contributed by atoms with van der Waals surface area (Å²) >= 11 is 0. The van der Waals surface area contributed by atoms with E-state index in [4.69, 9.17) is 4.74 Å². The van der Waals surface area contributed by atoms with Gasteiger partial charge in [-0.3, -0.25) is 4.98 Å². The number of hydrogen-bond acceptors (Lipinski definition) is 7. The van der Waals surface area contributed by atoms with Gasteiger partial charge in [0.1, 0.15) is 29.8 Å². The highest BCUT2D eigenvalue weighted by atomic mass is 19.3. The standard InChI is InChI=1S/C24H16F4N6O2/c25-15-6-8-17(18(26)11-15)24(35,23(27)28)22(34-13-30-32-33-34)20-9-7-16(12-29-20)36-21-10-5-14-3-1-2-4-19(14)31-21/h1-13,22-23,35H. The minimum absolute atomic E-state index is 0.132. The Hall–Kier alpha value is -4.45. The Morgan fingerprint density at radius 2 is 1.81 bits per heavy atom. The highest BCUT2D eigenvalue weighted by Gasteiger charge is 2.52. The van der Waals surface area contributed by atoms with Crippen molar-refractivity contribution >= 4 is 10.9 Å². The monoisotopic (exact) mass is 496 g/mol. The van der Waals surface area contributed by atoms with E-state index in [1.54, 1.807) is 6.07 Å². The number of aromatic nitrogens is 6. The molecule has 0 aliphatic heterocycles. The number of rotatable bonds is 7. The molecule has 182 valence electrons. The summed E-state index contributed by atoms with van der Waals surface area (Å²) in [6.07, 6.45) is -1.33. The molecule has 2 unspecified atom stereocenters. The second kappa shape index (κ2) is 9.30. The molecule has 5 rings (SSSR count). The van der Waals surface area contributed by atoms with E-state index in [1.165, 1.54) is 18.3 Å². The third-order valence-corrected chi connectivity index (χ3v) is 5.58. The lowest BCUT2D eigenvalue weighted by molar-refractivity contribution is -0.131. The number of para-hydroxylation sites is 1. The number of halogens is 4. The Balaban J connectivity index is 1.53. The Labute approximate surface area is 200 Å². The SMILES string of the molecule is OC(c1ccc(F)cc1F)(C(F)F)C(c1ccc(Oc2ccc3ccccc3n2)cn1)n1cnnn1. The summed E-state index contributed by atoms with van der Waals surface area (Å²) in [7, 11) is 0. The Morgan fingerprint density at radius 1 is 0.972 bits per heavy atom. The number of hydrogen-bond donors (Lipinski definition) is 1. The Morgan fingerprint density at radius 3 is 2.50 bits per heavy atom. The quantitative estimate of drug-likeness (QED) is 0.333. The van der Waals surface area contributed by atoms with Crippen LogP contribution in [0.25, 0.3) is 10.9 Å². The van der Waals surface area contributed by atoms with Crippen LogP contribution >= 0.6 is 0 Å². The molecule has 3 heterocycles. The van der Waals surface area contributed by atoms with E-state index in [9.17, 15) is 22.7 Å². The first-order valence-electron chi connectivity index (χ1n) is 10.5. The fourth-order valence-corrected chi connectivity index (χ4v) is 3.89. The van der Waals surface area contributed by atoms with Gasteiger partial charge in [0.15, 0.2) is 5.60 Å². The predicted octanol–water partition coefficient (Wildman–Crippen LogP) is 4.43. The van der Waals surface area contributed by atoms with Crippen LogP contribution in [0.5, 0.6) is 11.6 Å². The lowest BCUT2D eigenvalue weighted by Gasteiger charge is -2.35. The molecule has 0 fully saturated rings. The number of ether oxygens (including phenoxy) is 1. The topological polar surface area (TPSA) is 98.8 Å². The number of pyridine rings is 2. The summed E-state index contributed by atoms with van der Waals surface area (Å²) in [4.78, 5) is 8.55. The molecule has 0 aliphatic carbocycles.